The fourth-order valence-corrected chi connectivity index (χ4v) is 3.86. The fraction of sp³-hybridized carbons (Fsp3) is 0.364. The Bertz CT molecular complexity index is 1230. The second kappa shape index (κ2) is 8.60. The number of nitrogens with zero attached hydrogens (tertiary/aromatic N) is 5. The van der Waals surface area contributed by atoms with Gasteiger partial charge in [0.05, 0.1) is 17.0 Å². The van der Waals surface area contributed by atoms with Crippen molar-refractivity contribution in [1.29, 1.82) is 0 Å². The van der Waals surface area contributed by atoms with E-state index < -0.39 is 24.0 Å². The van der Waals surface area contributed by atoms with E-state index in [9.17, 15) is 18.0 Å². The quantitative estimate of drug-likeness (QED) is 0.442. The van der Waals surface area contributed by atoms with Crippen LogP contribution in [0.2, 0.25) is 0 Å². The molecule has 0 aliphatic heterocycles. The number of aromatic nitrogens is 4. The Morgan fingerprint density at radius 2 is 1.88 bits per heavy atom. The van der Waals surface area contributed by atoms with Crippen LogP contribution in [0.1, 0.15) is 47.6 Å². The van der Waals surface area contributed by atoms with Gasteiger partial charge in [0, 0.05) is 12.6 Å². The second-order valence-electron chi connectivity index (χ2n) is 7.74. The summed E-state index contributed by atoms with van der Waals surface area (Å²) in [5.74, 6) is 0. The summed E-state index contributed by atoms with van der Waals surface area (Å²) in [5.41, 5.74) is 2.13. The number of oxime groups is 1. The molecule has 0 atom stereocenters. The summed E-state index contributed by atoms with van der Waals surface area (Å²) in [7, 11) is 1.36. The van der Waals surface area contributed by atoms with Crippen molar-refractivity contribution in [2.24, 2.45) is 12.2 Å². The summed E-state index contributed by atoms with van der Waals surface area (Å²) in [5, 5.41) is 11.3. The maximum absolute atomic E-state index is 13.6. The van der Waals surface area contributed by atoms with Crippen LogP contribution in [0.4, 0.5) is 13.2 Å². The molecule has 2 aromatic carbocycles. The predicted molar refractivity (Wildman–Crippen MR) is 112 cm³/mol. The molecule has 0 unspecified atom stereocenters. The Morgan fingerprint density at radius 3 is 2.56 bits per heavy atom. The van der Waals surface area contributed by atoms with E-state index in [1.54, 1.807) is 6.92 Å². The highest BCUT2D eigenvalue weighted by molar-refractivity contribution is 5.98. The van der Waals surface area contributed by atoms with Gasteiger partial charge in [-0.3, -0.25) is 0 Å². The van der Waals surface area contributed by atoms with Gasteiger partial charge < -0.3 is 4.84 Å². The lowest BCUT2D eigenvalue weighted by molar-refractivity contribution is -0.138. The van der Waals surface area contributed by atoms with Crippen LogP contribution in [0, 0.1) is 0 Å². The maximum atomic E-state index is 13.6. The zero-order chi connectivity index (χ0) is 22.9. The van der Waals surface area contributed by atoms with Gasteiger partial charge in [-0.05, 0) is 77.9 Å². The third kappa shape index (κ3) is 4.30. The Morgan fingerprint density at radius 1 is 1.12 bits per heavy atom. The van der Waals surface area contributed by atoms with E-state index in [1.807, 2.05) is 6.07 Å². The van der Waals surface area contributed by atoms with Gasteiger partial charge >= 0.3 is 11.9 Å². The largest absolute Gasteiger partial charge is 0.416 e. The molecule has 0 saturated carbocycles. The highest BCUT2D eigenvalue weighted by Gasteiger charge is 2.35. The minimum atomic E-state index is -4.64. The average Bonchev–Trinajstić information content (AvgIpc) is 3.10. The molecule has 1 aliphatic carbocycles. The lowest BCUT2D eigenvalue weighted by atomic mass is 9.90. The van der Waals surface area contributed by atoms with Gasteiger partial charge in [0.2, 0.25) is 0 Å². The van der Waals surface area contributed by atoms with E-state index in [4.69, 9.17) is 4.84 Å². The molecule has 0 spiro atoms. The molecule has 3 aromatic rings. The molecule has 4 rings (SSSR count). The van der Waals surface area contributed by atoms with Gasteiger partial charge in [-0.25, -0.2) is 4.79 Å². The van der Waals surface area contributed by atoms with Gasteiger partial charge in [-0.15, -0.1) is 0 Å². The Balaban J connectivity index is 1.64. The third-order valence-electron chi connectivity index (χ3n) is 5.58. The standard InChI is InChI=1S/C22H22F3N5O2/c1-14(16-11-10-15-6-3-4-7-17(15)12-16)26-32-13-18-19(22(23,24)25)8-5-9-20(18)30-21(31)29(2)27-28-30/h5,8-12H,3-4,6-7,13H2,1-2H3. The summed E-state index contributed by atoms with van der Waals surface area (Å²) < 4.78 is 42.7. The van der Waals surface area contributed by atoms with Gasteiger partial charge in [-0.1, -0.05) is 23.4 Å². The van der Waals surface area contributed by atoms with Crippen LogP contribution in [0.5, 0.6) is 0 Å². The average molecular weight is 445 g/mol. The Kier molecular flexibility index (Phi) is 5.86. The van der Waals surface area contributed by atoms with Gasteiger partial charge in [0.15, 0.2) is 0 Å². The number of benzene rings is 2. The first-order chi connectivity index (χ1) is 15.3. The van der Waals surface area contributed by atoms with Crippen LogP contribution in [0.15, 0.2) is 46.3 Å². The summed E-state index contributed by atoms with van der Waals surface area (Å²) >= 11 is 0. The van der Waals surface area contributed by atoms with E-state index in [2.05, 4.69) is 27.7 Å². The highest BCUT2D eigenvalue weighted by atomic mass is 19.4. The molecule has 168 valence electrons. The van der Waals surface area contributed by atoms with Crippen molar-refractivity contribution in [3.05, 3.63) is 74.7 Å². The van der Waals surface area contributed by atoms with E-state index in [1.165, 1.54) is 36.7 Å². The summed E-state index contributed by atoms with van der Waals surface area (Å²) in [4.78, 5) is 17.6. The molecule has 10 heteroatoms. The number of hydrogen-bond donors (Lipinski definition) is 0. The van der Waals surface area contributed by atoms with Crippen LogP contribution in [0.3, 0.4) is 0 Å². The number of aryl methyl sites for hydroxylation is 3. The normalized spacial score (nSPS) is 14.3. The smallest absolute Gasteiger partial charge is 0.391 e. The molecule has 0 saturated heterocycles. The second-order valence-corrected chi connectivity index (χ2v) is 7.74. The Hall–Kier alpha value is -3.43. The fourth-order valence-electron chi connectivity index (χ4n) is 3.86. The number of tetrazole rings is 1. The molecule has 32 heavy (non-hydrogen) atoms. The predicted octanol–water partition coefficient (Wildman–Crippen LogP) is 3.80. The maximum Gasteiger partial charge on any atom is 0.416 e. The summed E-state index contributed by atoms with van der Waals surface area (Å²) in [6.45, 7) is 1.25. The number of hydrogen-bond acceptors (Lipinski definition) is 5. The van der Waals surface area contributed by atoms with E-state index in [0.717, 1.165) is 40.3 Å². The highest BCUT2D eigenvalue weighted by Crippen LogP contribution is 2.34. The number of fused-ring (bicyclic) bond motifs is 1. The summed E-state index contributed by atoms with van der Waals surface area (Å²) in [6.07, 6.45) is -0.258. The lowest BCUT2D eigenvalue weighted by Gasteiger charge is -2.17. The molecule has 1 aromatic heterocycles. The van der Waals surface area contributed by atoms with Crippen LogP contribution in [-0.4, -0.2) is 25.5 Å². The third-order valence-corrected chi connectivity index (χ3v) is 5.58. The van der Waals surface area contributed by atoms with Crippen molar-refractivity contribution in [3.8, 4) is 5.69 Å². The van der Waals surface area contributed by atoms with Crippen LogP contribution >= 0.6 is 0 Å². The molecule has 1 aliphatic rings. The lowest BCUT2D eigenvalue weighted by Crippen LogP contribution is -2.24. The first kappa shape index (κ1) is 21.8. The molecule has 0 fully saturated rings. The SMILES string of the molecule is CC(=NOCc1c(-n2nnn(C)c2=O)cccc1C(F)(F)F)c1ccc2c(c1)CCCC2. The molecule has 0 N–H and O–H groups in total. The van der Waals surface area contributed by atoms with E-state index in [0.29, 0.717) is 5.71 Å². The zero-order valence-corrected chi connectivity index (χ0v) is 17.7. The molecule has 0 bridgehead atoms. The number of halogens is 3. The molecule has 1 heterocycles. The van der Waals surface area contributed by atoms with Gasteiger partial charge in [0.25, 0.3) is 0 Å². The van der Waals surface area contributed by atoms with Crippen LogP contribution in [0.25, 0.3) is 5.69 Å². The topological polar surface area (TPSA) is 74.3 Å². The van der Waals surface area contributed by atoms with Crippen LogP contribution in [-0.2, 0) is 37.5 Å². The first-order valence-electron chi connectivity index (χ1n) is 10.2. The Labute approximate surface area is 182 Å². The molecular weight excluding hydrogens is 423 g/mol. The van der Waals surface area contributed by atoms with Gasteiger partial charge in [-0.2, -0.15) is 22.5 Å². The van der Waals surface area contributed by atoms with Crippen LogP contribution < -0.4 is 5.69 Å². The van der Waals surface area contributed by atoms with E-state index in [-0.39, 0.29) is 11.3 Å². The van der Waals surface area contributed by atoms with Crippen molar-refractivity contribution in [2.45, 2.75) is 45.4 Å². The first-order valence-corrected chi connectivity index (χ1v) is 10.2. The van der Waals surface area contributed by atoms with Crippen molar-refractivity contribution in [2.75, 3.05) is 0 Å². The monoisotopic (exact) mass is 445 g/mol. The molecule has 0 amide bonds. The van der Waals surface area contributed by atoms with Gasteiger partial charge in [0.1, 0.15) is 6.61 Å². The minimum absolute atomic E-state index is 0.0560. The van der Waals surface area contributed by atoms with Crippen molar-refractivity contribution in [3.63, 3.8) is 0 Å². The van der Waals surface area contributed by atoms with Crippen molar-refractivity contribution < 1.29 is 18.0 Å². The molecular formula is C22H22F3N5O2. The zero-order valence-electron chi connectivity index (χ0n) is 17.7. The summed E-state index contributed by atoms with van der Waals surface area (Å²) in [6, 6.07) is 9.59. The van der Waals surface area contributed by atoms with Crippen molar-refractivity contribution in [1.82, 2.24) is 19.8 Å². The number of rotatable bonds is 5. The minimum Gasteiger partial charge on any atom is -0.391 e. The van der Waals surface area contributed by atoms with E-state index >= 15 is 0 Å². The molecule has 0 radical (unpaired) electrons. The number of alkyl halides is 3. The molecule has 7 nitrogen and oxygen atoms in total. The van der Waals surface area contributed by atoms with Crippen molar-refractivity contribution >= 4 is 5.71 Å².